The molecule has 1 heterocycles. The third-order valence-corrected chi connectivity index (χ3v) is 6.17. The van der Waals surface area contributed by atoms with Crippen molar-refractivity contribution in [3.8, 4) is 5.75 Å². The van der Waals surface area contributed by atoms with E-state index in [1.165, 1.54) is 24.8 Å². The minimum atomic E-state index is 0.260. The first-order valence-electron chi connectivity index (χ1n) is 11.7. The van der Waals surface area contributed by atoms with Gasteiger partial charge in [0.2, 0.25) is 5.91 Å². The molecule has 0 bridgehead atoms. The molecule has 30 heavy (non-hydrogen) atoms. The molecule has 1 aromatic carbocycles. The van der Waals surface area contributed by atoms with Crippen LogP contribution in [-0.4, -0.2) is 56.1 Å². The highest BCUT2D eigenvalue weighted by atomic mass is 16.5. The number of aryl methyl sites for hydroxylation is 1. The molecule has 1 unspecified atom stereocenters. The number of methoxy groups -OCH3 is 1. The van der Waals surface area contributed by atoms with Gasteiger partial charge in [0.1, 0.15) is 5.75 Å². The molecule has 1 saturated carbocycles. The summed E-state index contributed by atoms with van der Waals surface area (Å²) < 4.78 is 5.29. The van der Waals surface area contributed by atoms with E-state index in [2.05, 4.69) is 34.6 Å². The number of carbonyl (C=O) groups excluding carboxylic acids is 1. The van der Waals surface area contributed by atoms with Crippen LogP contribution in [0.25, 0.3) is 0 Å². The first-order valence-corrected chi connectivity index (χ1v) is 11.7. The van der Waals surface area contributed by atoms with Gasteiger partial charge in [-0.3, -0.25) is 9.79 Å². The molecule has 2 N–H and O–H groups in total. The van der Waals surface area contributed by atoms with Crippen LogP contribution >= 0.6 is 0 Å². The van der Waals surface area contributed by atoms with E-state index in [1.807, 2.05) is 12.1 Å². The lowest BCUT2D eigenvalue weighted by atomic mass is 9.88. The average Bonchev–Trinajstić information content (AvgIpc) is 3.25. The summed E-state index contributed by atoms with van der Waals surface area (Å²) in [6, 6.07) is 8.51. The van der Waals surface area contributed by atoms with Crippen molar-refractivity contribution in [2.75, 3.05) is 33.3 Å². The normalized spacial score (nSPS) is 20.3. The highest BCUT2D eigenvalue weighted by molar-refractivity contribution is 5.81. The standard InChI is InChI=1S/C24H38N4O2/c1-3-25-24(26-15-8-10-19-9-7-13-22(17-19)30-2)27-21-14-16-28(18-21)23(29)20-11-5-4-6-12-20/h7,9,13,17,20-21H,3-6,8,10-12,14-16,18H2,1-2H3,(H2,25,26,27). The Kier molecular flexibility index (Phi) is 8.84. The van der Waals surface area contributed by atoms with Crippen molar-refractivity contribution in [3.05, 3.63) is 29.8 Å². The van der Waals surface area contributed by atoms with Crippen LogP contribution in [0.2, 0.25) is 0 Å². The van der Waals surface area contributed by atoms with Crippen LogP contribution in [0.15, 0.2) is 29.3 Å². The van der Waals surface area contributed by atoms with Gasteiger partial charge in [-0.2, -0.15) is 0 Å². The Morgan fingerprint density at radius 1 is 1.23 bits per heavy atom. The summed E-state index contributed by atoms with van der Waals surface area (Å²) in [6.45, 7) is 5.34. The van der Waals surface area contributed by atoms with E-state index < -0.39 is 0 Å². The van der Waals surface area contributed by atoms with Crippen molar-refractivity contribution in [2.45, 2.75) is 64.3 Å². The Hall–Kier alpha value is -2.24. The summed E-state index contributed by atoms with van der Waals surface area (Å²) in [5.41, 5.74) is 1.27. The third kappa shape index (κ3) is 6.64. The number of likely N-dealkylation sites (tertiary alicyclic amines) is 1. The Balaban J connectivity index is 1.44. The van der Waals surface area contributed by atoms with Gasteiger partial charge in [0, 0.05) is 38.1 Å². The summed E-state index contributed by atoms with van der Waals surface area (Å²) in [5, 5.41) is 6.90. The van der Waals surface area contributed by atoms with Crippen molar-refractivity contribution >= 4 is 11.9 Å². The third-order valence-electron chi connectivity index (χ3n) is 6.17. The minimum absolute atomic E-state index is 0.260. The molecule has 0 spiro atoms. The smallest absolute Gasteiger partial charge is 0.225 e. The van der Waals surface area contributed by atoms with E-state index in [4.69, 9.17) is 9.73 Å². The summed E-state index contributed by atoms with van der Waals surface area (Å²) in [6.07, 6.45) is 8.81. The van der Waals surface area contributed by atoms with Crippen molar-refractivity contribution in [1.82, 2.24) is 15.5 Å². The molecule has 6 nitrogen and oxygen atoms in total. The van der Waals surface area contributed by atoms with Crippen LogP contribution in [0.4, 0.5) is 0 Å². The molecule has 1 saturated heterocycles. The van der Waals surface area contributed by atoms with E-state index in [1.54, 1.807) is 7.11 Å². The zero-order valence-electron chi connectivity index (χ0n) is 18.7. The van der Waals surface area contributed by atoms with Crippen LogP contribution in [0.5, 0.6) is 5.75 Å². The molecule has 0 radical (unpaired) electrons. The second-order valence-corrected chi connectivity index (χ2v) is 8.46. The molecule has 1 aliphatic heterocycles. The SMILES string of the molecule is CCNC(=NCCCc1cccc(OC)c1)NC1CCN(C(=O)C2CCCCC2)C1. The summed E-state index contributed by atoms with van der Waals surface area (Å²) in [4.78, 5) is 19.6. The van der Waals surface area contributed by atoms with Gasteiger partial charge < -0.3 is 20.3 Å². The van der Waals surface area contributed by atoms with Crippen molar-refractivity contribution < 1.29 is 9.53 Å². The fourth-order valence-electron chi connectivity index (χ4n) is 4.50. The number of amides is 1. The van der Waals surface area contributed by atoms with Gasteiger partial charge in [0.05, 0.1) is 7.11 Å². The molecule has 2 fully saturated rings. The lowest BCUT2D eigenvalue weighted by Gasteiger charge is -2.26. The van der Waals surface area contributed by atoms with E-state index in [0.717, 1.165) is 70.0 Å². The molecular formula is C24H38N4O2. The maximum Gasteiger partial charge on any atom is 0.225 e. The zero-order chi connectivity index (χ0) is 21.2. The quantitative estimate of drug-likeness (QED) is 0.389. The van der Waals surface area contributed by atoms with E-state index >= 15 is 0 Å². The van der Waals surface area contributed by atoms with Gasteiger partial charge in [-0.1, -0.05) is 31.4 Å². The Morgan fingerprint density at radius 2 is 2.07 bits per heavy atom. The lowest BCUT2D eigenvalue weighted by molar-refractivity contribution is -0.135. The summed E-state index contributed by atoms with van der Waals surface area (Å²) >= 11 is 0. The number of guanidine groups is 1. The van der Waals surface area contributed by atoms with Crippen LogP contribution in [0, 0.1) is 5.92 Å². The van der Waals surface area contributed by atoms with Crippen LogP contribution < -0.4 is 15.4 Å². The molecule has 3 rings (SSSR count). The minimum Gasteiger partial charge on any atom is -0.497 e. The van der Waals surface area contributed by atoms with Crippen LogP contribution in [-0.2, 0) is 11.2 Å². The number of hydrogen-bond acceptors (Lipinski definition) is 3. The van der Waals surface area contributed by atoms with Crippen molar-refractivity contribution in [2.24, 2.45) is 10.9 Å². The first kappa shape index (κ1) is 22.4. The molecule has 1 aromatic rings. The second kappa shape index (κ2) is 11.8. The maximum atomic E-state index is 12.8. The fraction of sp³-hybridized carbons (Fsp3) is 0.667. The fourth-order valence-corrected chi connectivity index (χ4v) is 4.50. The van der Waals surface area contributed by atoms with Crippen molar-refractivity contribution in [3.63, 3.8) is 0 Å². The van der Waals surface area contributed by atoms with Gasteiger partial charge >= 0.3 is 0 Å². The topological polar surface area (TPSA) is 66.0 Å². The van der Waals surface area contributed by atoms with Gasteiger partial charge in [-0.15, -0.1) is 0 Å². The number of ether oxygens (including phenoxy) is 1. The van der Waals surface area contributed by atoms with Gasteiger partial charge in [0.15, 0.2) is 5.96 Å². The lowest BCUT2D eigenvalue weighted by Crippen LogP contribution is -2.45. The summed E-state index contributed by atoms with van der Waals surface area (Å²) in [7, 11) is 1.70. The maximum absolute atomic E-state index is 12.8. The molecular weight excluding hydrogens is 376 g/mol. The van der Waals surface area contributed by atoms with E-state index in [9.17, 15) is 4.79 Å². The highest BCUT2D eigenvalue weighted by Crippen LogP contribution is 2.26. The summed E-state index contributed by atoms with van der Waals surface area (Å²) in [5.74, 6) is 2.40. The van der Waals surface area contributed by atoms with Crippen LogP contribution in [0.3, 0.4) is 0 Å². The van der Waals surface area contributed by atoms with Gasteiger partial charge in [-0.05, 0) is 56.7 Å². The average molecular weight is 415 g/mol. The number of hydrogen-bond donors (Lipinski definition) is 2. The number of benzene rings is 1. The predicted molar refractivity (Wildman–Crippen MR) is 122 cm³/mol. The Bertz CT molecular complexity index is 700. The van der Waals surface area contributed by atoms with Gasteiger partial charge in [0.25, 0.3) is 0 Å². The van der Waals surface area contributed by atoms with E-state index in [0.29, 0.717) is 5.91 Å². The monoisotopic (exact) mass is 414 g/mol. The number of aliphatic imine (C=N–C) groups is 1. The van der Waals surface area contributed by atoms with Crippen molar-refractivity contribution in [1.29, 1.82) is 0 Å². The number of nitrogens with one attached hydrogen (secondary N) is 2. The second-order valence-electron chi connectivity index (χ2n) is 8.46. The molecule has 6 heteroatoms. The Morgan fingerprint density at radius 3 is 2.83 bits per heavy atom. The largest absolute Gasteiger partial charge is 0.497 e. The van der Waals surface area contributed by atoms with Gasteiger partial charge in [-0.25, -0.2) is 0 Å². The van der Waals surface area contributed by atoms with E-state index in [-0.39, 0.29) is 12.0 Å². The molecule has 2 aliphatic rings. The number of rotatable bonds is 8. The Labute approximate surface area is 181 Å². The first-order chi connectivity index (χ1) is 14.7. The molecule has 1 amide bonds. The molecule has 166 valence electrons. The molecule has 0 aromatic heterocycles. The predicted octanol–water partition coefficient (Wildman–Crippen LogP) is 3.36. The highest BCUT2D eigenvalue weighted by Gasteiger charge is 2.31. The number of nitrogens with zero attached hydrogens (tertiary/aromatic N) is 2. The van der Waals surface area contributed by atoms with Crippen LogP contribution in [0.1, 0.15) is 57.4 Å². The number of carbonyl (C=O) groups is 1. The molecule has 1 aliphatic carbocycles. The molecule has 1 atom stereocenters. The zero-order valence-corrected chi connectivity index (χ0v) is 18.7.